The molecule has 1 aromatic rings. The predicted molar refractivity (Wildman–Crippen MR) is 103 cm³/mol. The van der Waals surface area contributed by atoms with Crippen molar-refractivity contribution in [2.45, 2.75) is 46.0 Å². The minimum atomic E-state index is -4.43. The van der Waals surface area contributed by atoms with Gasteiger partial charge in [0.25, 0.3) is 0 Å². The lowest BCUT2D eigenvalue weighted by Crippen LogP contribution is -2.45. The number of guanidine groups is 1. The fourth-order valence-corrected chi connectivity index (χ4v) is 2.28. The molecule has 0 unspecified atom stereocenters. The second-order valence-corrected chi connectivity index (χ2v) is 7.47. The third-order valence-corrected chi connectivity index (χ3v) is 3.56. The molecular weight excluding hydrogens is 373 g/mol. The zero-order chi connectivity index (χ0) is 21.5. The quantitative estimate of drug-likeness (QED) is 0.567. The molecule has 1 rings (SSSR count). The number of aliphatic imine (C=N–C) groups is 1. The largest absolute Gasteiger partial charge is 0.488 e. The van der Waals surface area contributed by atoms with Crippen molar-refractivity contribution in [2.24, 2.45) is 4.99 Å². The lowest BCUT2D eigenvalue weighted by molar-refractivity contribution is -0.157. The van der Waals surface area contributed by atoms with Gasteiger partial charge in [0.15, 0.2) is 5.96 Å². The summed E-state index contributed by atoms with van der Waals surface area (Å²) >= 11 is 0. The van der Waals surface area contributed by atoms with Crippen LogP contribution in [0, 0.1) is 6.92 Å². The molecule has 0 bridgehead atoms. The first kappa shape index (κ1) is 23.6. The van der Waals surface area contributed by atoms with Gasteiger partial charge in [0.2, 0.25) is 5.91 Å². The molecule has 0 aliphatic carbocycles. The fourth-order valence-electron chi connectivity index (χ4n) is 2.28. The van der Waals surface area contributed by atoms with Crippen molar-refractivity contribution in [2.75, 3.05) is 27.2 Å². The van der Waals surface area contributed by atoms with Gasteiger partial charge in [0, 0.05) is 26.2 Å². The maximum atomic E-state index is 12.4. The molecule has 0 heterocycles. The number of amides is 1. The number of ether oxygens (including phenoxy) is 1. The highest BCUT2D eigenvalue weighted by Crippen LogP contribution is 2.24. The maximum absolute atomic E-state index is 12.4. The Bertz CT molecular complexity index is 697. The topological polar surface area (TPSA) is 66.0 Å². The van der Waals surface area contributed by atoms with Gasteiger partial charge in [-0.2, -0.15) is 13.2 Å². The van der Waals surface area contributed by atoms with E-state index in [-0.39, 0.29) is 12.1 Å². The molecule has 0 saturated heterocycles. The predicted octanol–water partition coefficient (Wildman–Crippen LogP) is 2.86. The van der Waals surface area contributed by atoms with Crippen LogP contribution in [0.1, 0.15) is 31.9 Å². The number of carbonyl (C=O) groups is 1. The molecular formula is C19H29F3N4O2. The van der Waals surface area contributed by atoms with E-state index in [0.717, 1.165) is 23.9 Å². The minimum absolute atomic E-state index is 0.300. The average Bonchev–Trinajstić information content (AvgIpc) is 2.53. The average molecular weight is 402 g/mol. The van der Waals surface area contributed by atoms with Crippen molar-refractivity contribution in [3.8, 4) is 5.75 Å². The van der Waals surface area contributed by atoms with Gasteiger partial charge in [-0.05, 0) is 39.3 Å². The molecule has 0 spiro atoms. The standard InChI is InChI=1S/C19H29F3N4O2/c1-13-7-8-14(15(9-13)28-18(2,3)4)10-24-17(23-5)25-11-16(27)26(6)12-19(20,21)22/h7-9H,10-12H2,1-6H3,(H2,23,24,25). The number of aryl methyl sites for hydroxylation is 1. The highest BCUT2D eigenvalue weighted by atomic mass is 19.4. The van der Waals surface area contributed by atoms with Gasteiger partial charge in [-0.3, -0.25) is 9.79 Å². The first-order valence-electron chi connectivity index (χ1n) is 8.84. The van der Waals surface area contributed by atoms with Gasteiger partial charge in [-0.15, -0.1) is 0 Å². The molecule has 0 fully saturated rings. The van der Waals surface area contributed by atoms with Crippen LogP contribution in [0.25, 0.3) is 0 Å². The number of carbonyl (C=O) groups excluding carboxylic acids is 1. The van der Waals surface area contributed by atoms with Gasteiger partial charge < -0.3 is 20.3 Å². The van der Waals surface area contributed by atoms with E-state index in [1.165, 1.54) is 7.05 Å². The van der Waals surface area contributed by atoms with Crippen LogP contribution in [0.15, 0.2) is 23.2 Å². The van der Waals surface area contributed by atoms with Crippen LogP contribution in [-0.2, 0) is 11.3 Å². The molecule has 9 heteroatoms. The molecule has 2 N–H and O–H groups in total. The first-order valence-corrected chi connectivity index (χ1v) is 8.84. The van der Waals surface area contributed by atoms with Crippen LogP contribution in [-0.4, -0.2) is 55.7 Å². The highest BCUT2D eigenvalue weighted by Gasteiger charge is 2.31. The van der Waals surface area contributed by atoms with Crippen molar-refractivity contribution in [3.05, 3.63) is 29.3 Å². The summed E-state index contributed by atoms with van der Waals surface area (Å²) in [5.41, 5.74) is 1.59. The Hall–Kier alpha value is -2.45. The van der Waals surface area contributed by atoms with E-state index in [9.17, 15) is 18.0 Å². The van der Waals surface area contributed by atoms with E-state index in [0.29, 0.717) is 17.4 Å². The molecule has 28 heavy (non-hydrogen) atoms. The van der Waals surface area contributed by atoms with Crippen molar-refractivity contribution >= 4 is 11.9 Å². The normalized spacial score (nSPS) is 12.5. The van der Waals surface area contributed by atoms with Crippen molar-refractivity contribution in [1.29, 1.82) is 0 Å². The van der Waals surface area contributed by atoms with Crippen molar-refractivity contribution < 1.29 is 22.7 Å². The van der Waals surface area contributed by atoms with E-state index in [4.69, 9.17) is 4.74 Å². The summed E-state index contributed by atoms with van der Waals surface area (Å²) < 4.78 is 43.1. The molecule has 0 aromatic heterocycles. The number of nitrogens with zero attached hydrogens (tertiary/aromatic N) is 2. The summed E-state index contributed by atoms with van der Waals surface area (Å²) in [5, 5.41) is 5.76. The van der Waals surface area contributed by atoms with E-state index in [2.05, 4.69) is 15.6 Å². The van der Waals surface area contributed by atoms with E-state index < -0.39 is 18.6 Å². The Morgan fingerprint density at radius 2 is 1.86 bits per heavy atom. The van der Waals surface area contributed by atoms with Crippen LogP contribution in [0.3, 0.4) is 0 Å². The van der Waals surface area contributed by atoms with Gasteiger partial charge in [0.1, 0.15) is 17.9 Å². The number of hydrogen-bond acceptors (Lipinski definition) is 3. The third-order valence-electron chi connectivity index (χ3n) is 3.56. The van der Waals surface area contributed by atoms with Gasteiger partial charge >= 0.3 is 6.18 Å². The molecule has 6 nitrogen and oxygen atoms in total. The van der Waals surface area contributed by atoms with E-state index in [1.54, 1.807) is 0 Å². The highest BCUT2D eigenvalue weighted by molar-refractivity contribution is 5.86. The van der Waals surface area contributed by atoms with Crippen LogP contribution < -0.4 is 15.4 Å². The lowest BCUT2D eigenvalue weighted by Gasteiger charge is -2.24. The van der Waals surface area contributed by atoms with E-state index in [1.807, 2.05) is 45.9 Å². The first-order chi connectivity index (χ1) is 12.8. The zero-order valence-electron chi connectivity index (χ0n) is 17.2. The lowest BCUT2D eigenvalue weighted by atomic mass is 10.1. The summed E-state index contributed by atoms with van der Waals surface area (Å²) in [5.74, 6) is 0.347. The van der Waals surface area contributed by atoms with Crippen LogP contribution >= 0.6 is 0 Å². The smallest absolute Gasteiger partial charge is 0.406 e. The Kier molecular flexibility index (Phi) is 8.14. The number of nitrogens with one attached hydrogen (secondary N) is 2. The molecule has 0 aliphatic heterocycles. The summed E-state index contributed by atoms with van der Waals surface area (Å²) in [6, 6.07) is 5.82. The molecule has 0 radical (unpaired) electrons. The number of rotatable bonds is 6. The summed E-state index contributed by atoms with van der Waals surface area (Å²) in [6.45, 7) is 6.61. The Balaban J connectivity index is 2.67. The Labute approximate surface area is 164 Å². The summed E-state index contributed by atoms with van der Waals surface area (Å²) in [4.78, 5) is 16.4. The zero-order valence-corrected chi connectivity index (χ0v) is 17.2. The van der Waals surface area contributed by atoms with Crippen molar-refractivity contribution in [3.63, 3.8) is 0 Å². The number of benzene rings is 1. The number of alkyl halides is 3. The van der Waals surface area contributed by atoms with E-state index >= 15 is 0 Å². The van der Waals surface area contributed by atoms with Crippen LogP contribution in [0.4, 0.5) is 13.2 Å². The fraction of sp³-hybridized carbons (Fsp3) is 0.579. The molecule has 1 amide bonds. The Morgan fingerprint density at radius 1 is 1.21 bits per heavy atom. The molecule has 1 aromatic carbocycles. The molecule has 0 saturated carbocycles. The third kappa shape index (κ3) is 8.96. The molecule has 158 valence electrons. The molecule has 0 aliphatic rings. The van der Waals surface area contributed by atoms with Crippen molar-refractivity contribution in [1.82, 2.24) is 15.5 Å². The minimum Gasteiger partial charge on any atom is -0.488 e. The second-order valence-electron chi connectivity index (χ2n) is 7.47. The van der Waals surface area contributed by atoms with Gasteiger partial charge in [0.05, 0.1) is 6.54 Å². The van der Waals surface area contributed by atoms with Crippen LogP contribution in [0.5, 0.6) is 5.75 Å². The SMILES string of the molecule is CN=C(NCC(=O)N(C)CC(F)(F)F)NCc1ccc(C)cc1OC(C)(C)C. The van der Waals surface area contributed by atoms with Crippen LogP contribution in [0.2, 0.25) is 0 Å². The number of halogens is 3. The Morgan fingerprint density at radius 3 is 2.39 bits per heavy atom. The monoisotopic (exact) mass is 402 g/mol. The second kappa shape index (κ2) is 9.66. The summed E-state index contributed by atoms with van der Waals surface area (Å²) in [7, 11) is 2.62. The maximum Gasteiger partial charge on any atom is 0.406 e. The number of likely N-dealkylation sites (N-methyl/N-ethyl adjacent to an activating group) is 1. The van der Waals surface area contributed by atoms with Gasteiger partial charge in [-0.25, -0.2) is 0 Å². The summed E-state index contributed by atoms with van der Waals surface area (Å²) in [6.07, 6.45) is -4.43. The molecule has 0 atom stereocenters. The number of hydrogen-bond donors (Lipinski definition) is 2. The van der Waals surface area contributed by atoms with Gasteiger partial charge in [-0.1, -0.05) is 12.1 Å².